The summed E-state index contributed by atoms with van der Waals surface area (Å²) in [5, 5.41) is 21.2. The summed E-state index contributed by atoms with van der Waals surface area (Å²) < 4.78 is 2.18. The Bertz CT molecular complexity index is 1070. The summed E-state index contributed by atoms with van der Waals surface area (Å²) in [5.41, 5.74) is 7.46. The maximum Gasteiger partial charge on any atom is 0.100 e. The molecule has 0 spiro atoms. The SMILES string of the molecule is CNC1CCCC(n2cc(-c3ccc4c(c3)CC/C4=N\O)c(-c3ccncc3)n2)C1. The molecule has 0 amide bonds. The van der Waals surface area contributed by atoms with E-state index in [4.69, 9.17) is 5.10 Å². The number of pyridine rings is 1. The van der Waals surface area contributed by atoms with Crippen LogP contribution in [-0.2, 0) is 6.42 Å². The Morgan fingerprint density at radius 2 is 1.93 bits per heavy atom. The molecular weight excluding hydrogens is 374 g/mol. The van der Waals surface area contributed by atoms with Gasteiger partial charge in [-0.05, 0) is 68.8 Å². The molecule has 30 heavy (non-hydrogen) atoms. The van der Waals surface area contributed by atoms with Crippen LogP contribution in [0.15, 0.2) is 54.1 Å². The first-order valence-electron chi connectivity index (χ1n) is 10.8. The number of hydrogen-bond donors (Lipinski definition) is 2. The minimum atomic E-state index is 0.410. The van der Waals surface area contributed by atoms with E-state index in [9.17, 15) is 5.21 Å². The molecule has 2 aliphatic carbocycles. The van der Waals surface area contributed by atoms with Crippen LogP contribution in [0.5, 0.6) is 0 Å². The zero-order chi connectivity index (χ0) is 20.5. The molecule has 5 rings (SSSR count). The van der Waals surface area contributed by atoms with Crippen molar-refractivity contribution >= 4 is 5.71 Å². The molecule has 3 aromatic rings. The Hall–Kier alpha value is -2.99. The largest absolute Gasteiger partial charge is 0.411 e. The van der Waals surface area contributed by atoms with E-state index in [-0.39, 0.29) is 0 Å². The fourth-order valence-corrected chi connectivity index (χ4v) is 4.92. The zero-order valence-corrected chi connectivity index (χ0v) is 17.3. The van der Waals surface area contributed by atoms with E-state index in [1.165, 1.54) is 18.4 Å². The van der Waals surface area contributed by atoms with E-state index in [2.05, 4.69) is 51.6 Å². The lowest BCUT2D eigenvalue weighted by Crippen LogP contribution is -2.32. The second-order valence-electron chi connectivity index (χ2n) is 8.33. The summed E-state index contributed by atoms with van der Waals surface area (Å²) in [7, 11) is 2.05. The standard InChI is InChI=1S/C24H27N5O/c1-25-19-3-2-4-20(14-19)29-15-22(24(27-29)16-9-11-26-12-10-16)18-5-7-21-17(13-18)6-8-23(21)28-30/h5,7,9-13,15,19-20,25,30H,2-4,6,8,14H2,1H3/b28-23+. The molecule has 0 aliphatic heterocycles. The summed E-state index contributed by atoms with van der Waals surface area (Å²) in [4.78, 5) is 4.18. The second-order valence-corrected chi connectivity index (χ2v) is 8.33. The molecule has 0 bridgehead atoms. The highest BCUT2D eigenvalue weighted by atomic mass is 16.4. The predicted octanol–water partition coefficient (Wildman–Crippen LogP) is 4.44. The van der Waals surface area contributed by atoms with E-state index in [0.29, 0.717) is 12.1 Å². The van der Waals surface area contributed by atoms with Crippen LogP contribution in [0.3, 0.4) is 0 Å². The van der Waals surface area contributed by atoms with Crippen molar-refractivity contribution in [3.63, 3.8) is 0 Å². The summed E-state index contributed by atoms with van der Waals surface area (Å²) in [5.74, 6) is 0. The third-order valence-corrected chi connectivity index (χ3v) is 6.59. The second kappa shape index (κ2) is 8.03. The van der Waals surface area contributed by atoms with Gasteiger partial charge in [0.1, 0.15) is 5.69 Å². The lowest BCUT2D eigenvalue weighted by molar-refractivity contribution is 0.279. The van der Waals surface area contributed by atoms with Crippen LogP contribution in [-0.4, -0.2) is 38.8 Å². The van der Waals surface area contributed by atoms with Gasteiger partial charge in [0.15, 0.2) is 0 Å². The predicted molar refractivity (Wildman–Crippen MR) is 118 cm³/mol. The Kier molecular flexibility index (Phi) is 5.09. The van der Waals surface area contributed by atoms with Gasteiger partial charge in [0, 0.05) is 41.3 Å². The molecule has 2 aliphatic rings. The highest BCUT2D eigenvalue weighted by molar-refractivity contribution is 6.04. The number of aryl methyl sites for hydroxylation is 1. The molecule has 2 N–H and O–H groups in total. The average molecular weight is 402 g/mol. The van der Waals surface area contributed by atoms with Gasteiger partial charge in [-0.15, -0.1) is 0 Å². The normalized spacial score (nSPS) is 22.4. The molecule has 0 radical (unpaired) electrons. The van der Waals surface area contributed by atoms with Crippen LogP contribution in [0.4, 0.5) is 0 Å². The van der Waals surface area contributed by atoms with Crippen LogP contribution in [0.1, 0.15) is 49.3 Å². The third-order valence-electron chi connectivity index (χ3n) is 6.59. The molecule has 154 valence electrons. The van der Waals surface area contributed by atoms with Gasteiger partial charge < -0.3 is 10.5 Å². The first kappa shape index (κ1) is 19.0. The molecule has 1 fully saturated rings. The van der Waals surface area contributed by atoms with Crippen molar-refractivity contribution in [2.45, 2.75) is 50.6 Å². The van der Waals surface area contributed by atoms with Crippen LogP contribution in [0.2, 0.25) is 0 Å². The van der Waals surface area contributed by atoms with Gasteiger partial charge in [-0.3, -0.25) is 9.67 Å². The lowest BCUT2D eigenvalue weighted by atomic mass is 9.91. The van der Waals surface area contributed by atoms with Crippen LogP contribution in [0.25, 0.3) is 22.4 Å². The van der Waals surface area contributed by atoms with Crippen molar-refractivity contribution in [3.8, 4) is 22.4 Å². The maximum absolute atomic E-state index is 9.24. The molecule has 2 unspecified atom stereocenters. The van der Waals surface area contributed by atoms with E-state index >= 15 is 0 Å². The Balaban J connectivity index is 1.58. The van der Waals surface area contributed by atoms with Gasteiger partial charge in [-0.1, -0.05) is 23.4 Å². The van der Waals surface area contributed by atoms with Crippen molar-refractivity contribution in [3.05, 3.63) is 60.0 Å². The number of hydrogen-bond acceptors (Lipinski definition) is 5. The summed E-state index contributed by atoms with van der Waals surface area (Å²) in [6.07, 6.45) is 12.3. The minimum Gasteiger partial charge on any atom is -0.411 e. The van der Waals surface area contributed by atoms with E-state index in [1.807, 2.05) is 24.5 Å². The number of oxime groups is 1. The maximum atomic E-state index is 9.24. The molecular formula is C24H27N5O. The van der Waals surface area contributed by atoms with Gasteiger partial charge in [0.25, 0.3) is 0 Å². The number of rotatable bonds is 4. The molecule has 6 nitrogen and oxygen atoms in total. The zero-order valence-electron chi connectivity index (χ0n) is 17.3. The Morgan fingerprint density at radius 3 is 2.73 bits per heavy atom. The molecule has 6 heteroatoms. The Labute approximate surface area is 176 Å². The quantitative estimate of drug-likeness (QED) is 0.501. The van der Waals surface area contributed by atoms with Crippen molar-refractivity contribution in [2.24, 2.45) is 5.16 Å². The highest BCUT2D eigenvalue weighted by Crippen LogP contribution is 2.37. The smallest absolute Gasteiger partial charge is 0.100 e. The fourth-order valence-electron chi connectivity index (χ4n) is 4.92. The third kappa shape index (κ3) is 3.41. The van der Waals surface area contributed by atoms with Gasteiger partial charge >= 0.3 is 0 Å². The molecule has 2 heterocycles. The monoisotopic (exact) mass is 401 g/mol. The van der Waals surface area contributed by atoms with E-state index in [1.54, 1.807) is 0 Å². The van der Waals surface area contributed by atoms with Gasteiger partial charge in [0.2, 0.25) is 0 Å². The molecule has 2 atom stereocenters. The Morgan fingerprint density at radius 1 is 1.07 bits per heavy atom. The number of aromatic nitrogens is 3. The fraction of sp³-hybridized carbons (Fsp3) is 0.375. The first-order chi connectivity index (χ1) is 14.8. The van der Waals surface area contributed by atoms with Gasteiger partial charge in [-0.2, -0.15) is 5.10 Å². The average Bonchev–Trinajstić information content (AvgIpc) is 3.44. The van der Waals surface area contributed by atoms with Gasteiger partial charge in [0.05, 0.1) is 11.8 Å². The molecule has 1 aromatic carbocycles. The van der Waals surface area contributed by atoms with Gasteiger partial charge in [-0.25, -0.2) is 0 Å². The lowest BCUT2D eigenvalue weighted by Gasteiger charge is -2.29. The summed E-state index contributed by atoms with van der Waals surface area (Å²) >= 11 is 0. The molecule has 0 saturated heterocycles. The van der Waals surface area contributed by atoms with Crippen molar-refractivity contribution in [1.29, 1.82) is 0 Å². The van der Waals surface area contributed by atoms with E-state index in [0.717, 1.165) is 59.3 Å². The van der Waals surface area contributed by atoms with Crippen LogP contribution in [0, 0.1) is 0 Å². The number of nitrogens with one attached hydrogen (secondary N) is 1. The molecule has 1 saturated carbocycles. The summed E-state index contributed by atoms with van der Waals surface area (Å²) in [6.45, 7) is 0. The van der Waals surface area contributed by atoms with Crippen LogP contribution < -0.4 is 5.32 Å². The van der Waals surface area contributed by atoms with Crippen molar-refractivity contribution < 1.29 is 5.21 Å². The number of nitrogens with zero attached hydrogens (tertiary/aromatic N) is 4. The van der Waals surface area contributed by atoms with Crippen molar-refractivity contribution in [2.75, 3.05) is 7.05 Å². The van der Waals surface area contributed by atoms with Crippen molar-refractivity contribution in [1.82, 2.24) is 20.1 Å². The van der Waals surface area contributed by atoms with E-state index < -0.39 is 0 Å². The minimum absolute atomic E-state index is 0.410. The highest BCUT2D eigenvalue weighted by Gasteiger charge is 2.25. The number of benzene rings is 1. The topological polar surface area (TPSA) is 75.3 Å². The first-order valence-corrected chi connectivity index (χ1v) is 10.8. The van der Waals surface area contributed by atoms with Crippen LogP contribution >= 0.6 is 0 Å². The summed E-state index contributed by atoms with van der Waals surface area (Å²) in [6, 6.07) is 11.5. The molecule has 2 aromatic heterocycles. The number of fused-ring (bicyclic) bond motifs is 1.